The number of pyridine rings is 1. The van der Waals surface area contributed by atoms with Crippen LogP contribution in [0.3, 0.4) is 0 Å². The lowest BCUT2D eigenvalue weighted by atomic mass is 10.3. The molecule has 1 N–H and O–H groups in total. The van der Waals surface area contributed by atoms with Crippen LogP contribution in [0, 0.1) is 6.92 Å². The van der Waals surface area contributed by atoms with Gasteiger partial charge in [-0.05, 0) is 28.9 Å². The van der Waals surface area contributed by atoms with E-state index in [-0.39, 0.29) is 0 Å². The molecule has 82 valence electrons. The van der Waals surface area contributed by atoms with Crippen molar-refractivity contribution in [2.75, 3.05) is 17.4 Å². The summed E-state index contributed by atoms with van der Waals surface area (Å²) < 4.78 is 27.7. The predicted octanol–water partition coefficient (Wildman–Crippen LogP) is 0.807. The lowest BCUT2D eigenvalue weighted by molar-refractivity contribution is 0.591. The number of rotatable bonds is 1. The standard InChI is InChI=1S/C8H10BrN3O2S/c1-6-8(4-7(9)5-10-6)12-3-2-11-15(12,13)14/h4-5,11H,2-3H2,1H3. The monoisotopic (exact) mass is 291 g/mol. The zero-order chi connectivity index (χ0) is 11.1. The van der Waals surface area contributed by atoms with Gasteiger partial charge in [-0.1, -0.05) is 0 Å². The SMILES string of the molecule is Cc1ncc(Br)cc1N1CCNS1(=O)=O. The Kier molecular flexibility index (Phi) is 2.70. The Morgan fingerprint density at radius 1 is 1.60 bits per heavy atom. The van der Waals surface area contributed by atoms with Crippen LogP contribution < -0.4 is 9.03 Å². The summed E-state index contributed by atoms with van der Waals surface area (Å²) in [7, 11) is -3.36. The molecule has 1 aromatic heterocycles. The number of anilines is 1. The van der Waals surface area contributed by atoms with Crippen molar-refractivity contribution in [2.45, 2.75) is 6.92 Å². The molecule has 2 heterocycles. The Morgan fingerprint density at radius 2 is 2.33 bits per heavy atom. The van der Waals surface area contributed by atoms with Gasteiger partial charge in [0.25, 0.3) is 0 Å². The van der Waals surface area contributed by atoms with E-state index in [9.17, 15) is 8.42 Å². The third kappa shape index (κ3) is 1.99. The fourth-order valence-corrected chi connectivity index (χ4v) is 3.07. The first-order chi connectivity index (χ1) is 7.00. The van der Waals surface area contributed by atoms with Crippen LogP contribution in [0.5, 0.6) is 0 Å². The van der Waals surface area contributed by atoms with Gasteiger partial charge in [0.15, 0.2) is 0 Å². The van der Waals surface area contributed by atoms with Crippen molar-refractivity contribution in [3.8, 4) is 0 Å². The van der Waals surface area contributed by atoms with E-state index in [0.29, 0.717) is 24.5 Å². The molecule has 0 bridgehead atoms. The van der Waals surface area contributed by atoms with Crippen molar-refractivity contribution >= 4 is 31.8 Å². The number of hydrogen-bond acceptors (Lipinski definition) is 3. The van der Waals surface area contributed by atoms with Crippen molar-refractivity contribution in [2.24, 2.45) is 0 Å². The molecule has 5 nitrogen and oxygen atoms in total. The molecule has 0 unspecified atom stereocenters. The van der Waals surface area contributed by atoms with Gasteiger partial charge in [-0.3, -0.25) is 9.29 Å². The number of nitrogens with one attached hydrogen (secondary N) is 1. The molecule has 1 aliphatic rings. The Morgan fingerprint density at radius 3 is 2.93 bits per heavy atom. The topological polar surface area (TPSA) is 62.3 Å². The Labute approximate surface area is 96.8 Å². The summed E-state index contributed by atoms with van der Waals surface area (Å²) >= 11 is 3.28. The zero-order valence-corrected chi connectivity index (χ0v) is 10.5. The van der Waals surface area contributed by atoms with Crippen LogP contribution in [0.15, 0.2) is 16.7 Å². The van der Waals surface area contributed by atoms with E-state index >= 15 is 0 Å². The van der Waals surface area contributed by atoms with Crippen LogP contribution in [-0.2, 0) is 10.2 Å². The molecule has 7 heteroatoms. The average molecular weight is 292 g/mol. The summed E-state index contributed by atoms with van der Waals surface area (Å²) in [6.07, 6.45) is 1.65. The molecule has 0 aromatic carbocycles. The second-order valence-corrected chi connectivity index (χ2v) is 5.82. The number of hydrogen-bond donors (Lipinski definition) is 1. The normalized spacial score (nSPS) is 19.5. The summed E-state index contributed by atoms with van der Waals surface area (Å²) in [4.78, 5) is 4.11. The maximum Gasteiger partial charge on any atom is 0.301 e. The Bertz CT molecular complexity index is 489. The molecule has 15 heavy (non-hydrogen) atoms. The van der Waals surface area contributed by atoms with Crippen molar-refractivity contribution in [1.82, 2.24) is 9.71 Å². The highest BCUT2D eigenvalue weighted by molar-refractivity contribution is 9.10. The average Bonchev–Trinajstić information content (AvgIpc) is 2.50. The summed E-state index contributed by atoms with van der Waals surface area (Å²) in [5.74, 6) is 0. The summed E-state index contributed by atoms with van der Waals surface area (Å²) in [6.45, 7) is 2.67. The number of halogens is 1. The largest absolute Gasteiger partial charge is 0.301 e. The van der Waals surface area contributed by atoms with Gasteiger partial charge in [0.2, 0.25) is 0 Å². The zero-order valence-electron chi connectivity index (χ0n) is 8.07. The molecule has 0 saturated carbocycles. The van der Waals surface area contributed by atoms with E-state index in [0.717, 1.165) is 4.47 Å². The minimum Gasteiger partial charge on any atom is -0.258 e. The van der Waals surface area contributed by atoms with Crippen LogP contribution in [0.4, 0.5) is 5.69 Å². The van der Waals surface area contributed by atoms with Gasteiger partial charge < -0.3 is 0 Å². The lowest BCUT2D eigenvalue weighted by Gasteiger charge is -2.17. The second-order valence-electron chi connectivity index (χ2n) is 3.23. The second kappa shape index (κ2) is 3.73. The van der Waals surface area contributed by atoms with Crippen molar-refractivity contribution in [3.05, 3.63) is 22.4 Å². The molecule has 2 rings (SSSR count). The van der Waals surface area contributed by atoms with Gasteiger partial charge in [0.05, 0.1) is 11.4 Å². The van der Waals surface area contributed by atoms with Crippen molar-refractivity contribution in [1.29, 1.82) is 0 Å². The number of aromatic nitrogens is 1. The van der Waals surface area contributed by atoms with Crippen LogP contribution in [0.25, 0.3) is 0 Å². The third-order valence-electron chi connectivity index (χ3n) is 2.19. The molecule has 0 amide bonds. The maximum atomic E-state index is 11.6. The first-order valence-corrected chi connectivity index (χ1v) is 6.63. The minimum atomic E-state index is -3.36. The highest BCUT2D eigenvalue weighted by Gasteiger charge is 2.29. The van der Waals surface area contributed by atoms with Crippen LogP contribution >= 0.6 is 15.9 Å². The number of aryl methyl sites for hydroxylation is 1. The molecule has 0 spiro atoms. The van der Waals surface area contributed by atoms with Crippen LogP contribution in [0.2, 0.25) is 0 Å². The summed E-state index contributed by atoms with van der Waals surface area (Å²) in [5.41, 5.74) is 1.32. The highest BCUT2D eigenvalue weighted by atomic mass is 79.9. The Hall–Kier alpha value is -0.660. The fourth-order valence-electron chi connectivity index (χ4n) is 1.47. The molecule has 0 atom stereocenters. The van der Waals surface area contributed by atoms with Crippen LogP contribution in [-0.4, -0.2) is 26.5 Å². The third-order valence-corrected chi connectivity index (χ3v) is 4.15. The van der Waals surface area contributed by atoms with E-state index in [4.69, 9.17) is 0 Å². The Balaban J connectivity index is 2.50. The maximum absolute atomic E-state index is 11.6. The van der Waals surface area contributed by atoms with E-state index < -0.39 is 10.2 Å². The smallest absolute Gasteiger partial charge is 0.258 e. The molecule has 0 aliphatic carbocycles. The molecule has 1 saturated heterocycles. The minimum absolute atomic E-state index is 0.439. The summed E-state index contributed by atoms with van der Waals surface area (Å²) in [6, 6.07) is 1.76. The van der Waals surface area contributed by atoms with Crippen molar-refractivity contribution in [3.63, 3.8) is 0 Å². The van der Waals surface area contributed by atoms with Crippen LogP contribution in [0.1, 0.15) is 5.69 Å². The van der Waals surface area contributed by atoms with Gasteiger partial charge in [-0.15, -0.1) is 0 Å². The molecule has 1 aliphatic heterocycles. The summed E-state index contributed by atoms with van der Waals surface area (Å²) in [5, 5.41) is 0. The fraction of sp³-hybridized carbons (Fsp3) is 0.375. The van der Waals surface area contributed by atoms with E-state index in [2.05, 4.69) is 25.6 Å². The lowest BCUT2D eigenvalue weighted by Crippen LogP contribution is -2.30. The first-order valence-electron chi connectivity index (χ1n) is 4.40. The van der Waals surface area contributed by atoms with Crippen molar-refractivity contribution < 1.29 is 8.42 Å². The van der Waals surface area contributed by atoms with Gasteiger partial charge in [0, 0.05) is 23.8 Å². The van der Waals surface area contributed by atoms with Gasteiger partial charge >= 0.3 is 10.2 Å². The van der Waals surface area contributed by atoms with E-state index in [1.54, 1.807) is 19.2 Å². The predicted molar refractivity (Wildman–Crippen MR) is 60.9 cm³/mol. The van der Waals surface area contributed by atoms with Gasteiger partial charge in [-0.2, -0.15) is 13.1 Å². The number of nitrogens with zero attached hydrogens (tertiary/aromatic N) is 2. The van der Waals surface area contributed by atoms with Gasteiger partial charge in [0.1, 0.15) is 0 Å². The molecule has 1 fully saturated rings. The molecular formula is C8H10BrN3O2S. The quantitative estimate of drug-likeness (QED) is 0.833. The molecular weight excluding hydrogens is 282 g/mol. The van der Waals surface area contributed by atoms with Gasteiger partial charge in [-0.25, -0.2) is 0 Å². The molecule has 0 radical (unpaired) electrons. The van der Waals surface area contributed by atoms with E-state index in [1.165, 1.54) is 4.31 Å². The van der Waals surface area contributed by atoms with E-state index in [1.807, 2.05) is 0 Å². The highest BCUT2D eigenvalue weighted by Crippen LogP contribution is 2.25. The first kappa shape index (κ1) is 10.8. The molecule has 1 aromatic rings.